The maximum atomic E-state index is 12.0. The summed E-state index contributed by atoms with van der Waals surface area (Å²) < 4.78 is 6.03. The SMILES string of the molecule is CC(C)[C@H](OC(=O)c1cccc(I)c1)C(=O)NC(N)=O. The Kier molecular flexibility index (Phi) is 5.93. The van der Waals surface area contributed by atoms with Gasteiger partial charge >= 0.3 is 12.0 Å². The molecule has 1 rings (SSSR count). The molecule has 0 aliphatic rings. The minimum Gasteiger partial charge on any atom is -0.448 e. The summed E-state index contributed by atoms with van der Waals surface area (Å²) >= 11 is 2.07. The standard InChI is InChI=1S/C13H15IN2O4/c1-7(2)10(11(17)16-13(15)19)20-12(18)8-4-3-5-9(14)6-8/h3-7,10H,1-2H3,(H3,15,16,17,19)/t10-/m0/s1. The smallest absolute Gasteiger partial charge is 0.338 e. The number of hydrogen-bond acceptors (Lipinski definition) is 4. The van der Waals surface area contributed by atoms with Crippen molar-refractivity contribution < 1.29 is 19.1 Å². The van der Waals surface area contributed by atoms with Crippen molar-refractivity contribution in [2.75, 3.05) is 0 Å². The van der Waals surface area contributed by atoms with Crippen LogP contribution in [0.3, 0.4) is 0 Å². The Morgan fingerprint density at radius 3 is 2.45 bits per heavy atom. The number of carbonyl (C=O) groups excluding carboxylic acids is 3. The highest BCUT2D eigenvalue weighted by molar-refractivity contribution is 14.1. The molecule has 0 radical (unpaired) electrons. The van der Waals surface area contributed by atoms with E-state index in [0.29, 0.717) is 5.56 Å². The van der Waals surface area contributed by atoms with E-state index in [4.69, 9.17) is 10.5 Å². The number of primary amides is 1. The third-order valence-corrected chi connectivity index (χ3v) is 3.08. The first kappa shape index (κ1) is 16.4. The molecule has 0 aliphatic carbocycles. The number of nitrogens with one attached hydrogen (secondary N) is 1. The van der Waals surface area contributed by atoms with E-state index in [1.807, 2.05) is 11.4 Å². The number of hydrogen-bond donors (Lipinski definition) is 2. The third kappa shape index (κ3) is 4.80. The van der Waals surface area contributed by atoms with Gasteiger partial charge in [0.25, 0.3) is 5.91 Å². The van der Waals surface area contributed by atoms with E-state index in [1.165, 1.54) is 0 Å². The van der Waals surface area contributed by atoms with Gasteiger partial charge in [-0.25, -0.2) is 9.59 Å². The highest BCUT2D eigenvalue weighted by Gasteiger charge is 2.27. The molecule has 1 aromatic carbocycles. The lowest BCUT2D eigenvalue weighted by Crippen LogP contribution is -2.45. The number of halogens is 1. The highest BCUT2D eigenvalue weighted by Crippen LogP contribution is 2.13. The third-order valence-electron chi connectivity index (χ3n) is 2.40. The normalized spacial score (nSPS) is 11.8. The molecule has 0 aliphatic heterocycles. The number of imide groups is 1. The first-order valence-corrected chi connectivity index (χ1v) is 6.96. The summed E-state index contributed by atoms with van der Waals surface area (Å²) in [6.07, 6.45) is -1.08. The molecule has 0 spiro atoms. The van der Waals surface area contributed by atoms with Crippen molar-refractivity contribution in [3.05, 3.63) is 33.4 Å². The number of carbonyl (C=O) groups is 3. The molecule has 108 valence electrons. The molecule has 0 fully saturated rings. The van der Waals surface area contributed by atoms with Crippen LogP contribution < -0.4 is 11.1 Å². The molecule has 0 unspecified atom stereocenters. The van der Waals surface area contributed by atoms with Crippen molar-refractivity contribution in [3.8, 4) is 0 Å². The van der Waals surface area contributed by atoms with Crippen LogP contribution in [0.1, 0.15) is 24.2 Å². The van der Waals surface area contributed by atoms with E-state index in [-0.39, 0.29) is 5.92 Å². The summed E-state index contributed by atoms with van der Waals surface area (Å²) in [5.41, 5.74) is 5.22. The Labute approximate surface area is 130 Å². The molecule has 0 saturated carbocycles. The topological polar surface area (TPSA) is 98.5 Å². The van der Waals surface area contributed by atoms with Gasteiger partial charge in [-0.15, -0.1) is 0 Å². The fraction of sp³-hybridized carbons (Fsp3) is 0.308. The van der Waals surface area contributed by atoms with Gasteiger partial charge in [0.2, 0.25) is 0 Å². The van der Waals surface area contributed by atoms with Crippen molar-refractivity contribution in [3.63, 3.8) is 0 Å². The largest absolute Gasteiger partial charge is 0.448 e. The molecule has 1 atom stereocenters. The van der Waals surface area contributed by atoms with Gasteiger partial charge in [-0.1, -0.05) is 19.9 Å². The quantitative estimate of drug-likeness (QED) is 0.604. The Hall–Kier alpha value is -1.64. The Morgan fingerprint density at radius 2 is 1.95 bits per heavy atom. The molecule has 1 aromatic rings. The van der Waals surface area contributed by atoms with Crippen LogP contribution >= 0.6 is 22.6 Å². The van der Waals surface area contributed by atoms with Crippen LogP contribution in [0.15, 0.2) is 24.3 Å². The molecular weight excluding hydrogens is 375 g/mol. The Bertz CT molecular complexity index is 531. The molecule has 0 heterocycles. The summed E-state index contributed by atoms with van der Waals surface area (Å²) in [6, 6.07) is 5.80. The molecule has 3 N–H and O–H groups in total. The number of amides is 3. The number of rotatable bonds is 4. The van der Waals surface area contributed by atoms with Gasteiger partial charge in [-0.2, -0.15) is 0 Å². The summed E-state index contributed by atoms with van der Waals surface area (Å²) in [5.74, 6) is -1.64. The number of urea groups is 1. The molecule has 20 heavy (non-hydrogen) atoms. The molecule has 7 heteroatoms. The minimum atomic E-state index is -1.08. The second-order valence-corrected chi connectivity index (χ2v) is 5.68. The summed E-state index contributed by atoms with van der Waals surface area (Å²) in [4.78, 5) is 34.4. The predicted molar refractivity (Wildman–Crippen MR) is 80.9 cm³/mol. The Balaban J connectivity index is 2.83. The maximum Gasteiger partial charge on any atom is 0.338 e. The molecule has 0 bridgehead atoms. The van der Waals surface area contributed by atoms with E-state index in [0.717, 1.165) is 3.57 Å². The van der Waals surface area contributed by atoms with Crippen LogP contribution in [0.25, 0.3) is 0 Å². The van der Waals surface area contributed by atoms with E-state index in [2.05, 4.69) is 22.6 Å². The lowest BCUT2D eigenvalue weighted by Gasteiger charge is -2.19. The van der Waals surface area contributed by atoms with Crippen LogP contribution in [0.2, 0.25) is 0 Å². The maximum absolute atomic E-state index is 12.0. The van der Waals surface area contributed by atoms with Crippen molar-refractivity contribution >= 4 is 40.5 Å². The van der Waals surface area contributed by atoms with Gasteiger partial charge in [0, 0.05) is 3.57 Å². The lowest BCUT2D eigenvalue weighted by atomic mass is 10.1. The van der Waals surface area contributed by atoms with E-state index < -0.39 is 24.0 Å². The number of benzene rings is 1. The average molecular weight is 390 g/mol. The van der Waals surface area contributed by atoms with Crippen LogP contribution in [0, 0.1) is 9.49 Å². The average Bonchev–Trinajstić information content (AvgIpc) is 2.34. The first-order valence-electron chi connectivity index (χ1n) is 5.88. The summed E-state index contributed by atoms with van der Waals surface area (Å²) in [6.45, 7) is 3.40. The Morgan fingerprint density at radius 1 is 1.30 bits per heavy atom. The fourth-order valence-electron chi connectivity index (χ4n) is 1.48. The van der Waals surface area contributed by atoms with Crippen molar-refractivity contribution in [2.45, 2.75) is 20.0 Å². The second kappa shape index (κ2) is 7.22. The van der Waals surface area contributed by atoms with Gasteiger partial charge in [-0.3, -0.25) is 10.1 Å². The molecule has 6 nitrogen and oxygen atoms in total. The lowest BCUT2D eigenvalue weighted by molar-refractivity contribution is -0.130. The van der Waals surface area contributed by atoms with Gasteiger partial charge < -0.3 is 10.5 Å². The molecule has 0 saturated heterocycles. The van der Waals surface area contributed by atoms with Crippen molar-refractivity contribution in [2.24, 2.45) is 11.7 Å². The van der Waals surface area contributed by atoms with Crippen molar-refractivity contribution in [1.29, 1.82) is 0 Å². The molecule has 0 aromatic heterocycles. The van der Waals surface area contributed by atoms with Gasteiger partial charge in [0.1, 0.15) is 0 Å². The molecule has 3 amide bonds. The first-order chi connectivity index (χ1) is 9.31. The van der Waals surface area contributed by atoms with Gasteiger partial charge in [0.15, 0.2) is 6.10 Å². The van der Waals surface area contributed by atoms with E-state index in [1.54, 1.807) is 32.0 Å². The van der Waals surface area contributed by atoms with Crippen LogP contribution in [-0.4, -0.2) is 24.0 Å². The zero-order valence-corrected chi connectivity index (χ0v) is 13.2. The van der Waals surface area contributed by atoms with E-state index >= 15 is 0 Å². The van der Waals surface area contributed by atoms with Crippen LogP contribution in [0.4, 0.5) is 4.79 Å². The molecular formula is C13H15IN2O4. The van der Waals surface area contributed by atoms with Crippen molar-refractivity contribution in [1.82, 2.24) is 5.32 Å². The summed E-state index contributed by atoms with van der Waals surface area (Å²) in [5, 5.41) is 1.91. The summed E-state index contributed by atoms with van der Waals surface area (Å²) in [7, 11) is 0. The van der Waals surface area contributed by atoms with Crippen LogP contribution in [-0.2, 0) is 9.53 Å². The van der Waals surface area contributed by atoms with Crippen LogP contribution in [0.5, 0.6) is 0 Å². The predicted octanol–water partition coefficient (Wildman–Crippen LogP) is 1.67. The highest BCUT2D eigenvalue weighted by atomic mass is 127. The zero-order valence-electron chi connectivity index (χ0n) is 11.1. The van der Waals surface area contributed by atoms with Gasteiger partial charge in [-0.05, 0) is 46.7 Å². The number of ether oxygens (including phenoxy) is 1. The van der Waals surface area contributed by atoms with Gasteiger partial charge in [0.05, 0.1) is 5.56 Å². The zero-order chi connectivity index (χ0) is 15.3. The monoisotopic (exact) mass is 390 g/mol. The number of nitrogens with two attached hydrogens (primary N) is 1. The number of esters is 1. The minimum absolute atomic E-state index is 0.291. The second-order valence-electron chi connectivity index (χ2n) is 4.43. The fourth-order valence-corrected chi connectivity index (χ4v) is 2.03. The van der Waals surface area contributed by atoms with E-state index in [9.17, 15) is 14.4 Å².